The highest BCUT2D eigenvalue weighted by molar-refractivity contribution is 5.20. The molecule has 0 spiro atoms. The highest BCUT2D eigenvalue weighted by Gasteiger charge is 2.27. The number of para-hydroxylation sites is 1. The van der Waals surface area contributed by atoms with Gasteiger partial charge in [-0.15, -0.1) is 0 Å². The lowest BCUT2D eigenvalue weighted by atomic mass is 9.98. The van der Waals surface area contributed by atoms with Gasteiger partial charge in [-0.05, 0) is 30.9 Å². The van der Waals surface area contributed by atoms with Gasteiger partial charge in [-0.25, -0.2) is 0 Å². The Morgan fingerprint density at radius 3 is 2.71 bits per heavy atom. The number of nitrogens with one attached hydrogen (secondary N) is 1. The Morgan fingerprint density at radius 2 is 2.05 bits per heavy atom. The van der Waals surface area contributed by atoms with Crippen LogP contribution in [0, 0.1) is 5.92 Å². The summed E-state index contributed by atoms with van der Waals surface area (Å²) in [5, 5.41) is 3.68. The second kappa shape index (κ2) is 8.40. The van der Waals surface area contributed by atoms with Crippen LogP contribution in [0.5, 0.6) is 5.75 Å². The van der Waals surface area contributed by atoms with E-state index in [2.05, 4.69) is 31.0 Å². The number of hydrogen-bond acceptors (Lipinski definition) is 3. The maximum absolute atomic E-state index is 5.87. The SMILES string of the molecule is CCC1CN(CCOc2ccccc2)C(CC(C)C)CN1. The molecule has 21 heavy (non-hydrogen) atoms. The molecule has 1 aliphatic heterocycles. The van der Waals surface area contributed by atoms with Gasteiger partial charge >= 0.3 is 0 Å². The van der Waals surface area contributed by atoms with E-state index in [0.29, 0.717) is 12.1 Å². The molecule has 0 aromatic heterocycles. The van der Waals surface area contributed by atoms with Crippen molar-refractivity contribution in [1.82, 2.24) is 10.2 Å². The van der Waals surface area contributed by atoms with E-state index in [1.54, 1.807) is 0 Å². The normalized spacial score (nSPS) is 23.4. The van der Waals surface area contributed by atoms with E-state index in [4.69, 9.17) is 4.74 Å². The summed E-state index contributed by atoms with van der Waals surface area (Å²) in [7, 11) is 0. The van der Waals surface area contributed by atoms with Gasteiger partial charge in [-0.2, -0.15) is 0 Å². The van der Waals surface area contributed by atoms with Crippen LogP contribution in [0.2, 0.25) is 0 Å². The van der Waals surface area contributed by atoms with E-state index in [0.717, 1.165) is 37.9 Å². The van der Waals surface area contributed by atoms with Crippen molar-refractivity contribution in [3.8, 4) is 5.75 Å². The molecule has 1 aromatic carbocycles. The van der Waals surface area contributed by atoms with E-state index >= 15 is 0 Å². The molecule has 2 unspecified atom stereocenters. The Hall–Kier alpha value is -1.06. The zero-order chi connectivity index (χ0) is 15.1. The van der Waals surface area contributed by atoms with Crippen molar-refractivity contribution in [2.75, 3.05) is 26.2 Å². The quantitative estimate of drug-likeness (QED) is 0.835. The predicted molar refractivity (Wildman–Crippen MR) is 88.8 cm³/mol. The Bertz CT molecular complexity index is 393. The first-order valence-electron chi connectivity index (χ1n) is 8.34. The van der Waals surface area contributed by atoms with Crippen LogP contribution in [0.25, 0.3) is 0 Å². The number of benzene rings is 1. The Kier molecular flexibility index (Phi) is 6.52. The third-order valence-electron chi connectivity index (χ3n) is 4.24. The smallest absolute Gasteiger partial charge is 0.119 e. The largest absolute Gasteiger partial charge is 0.492 e. The molecule has 0 saturated carbocycles. The van der Waals surface area contributed by atoms with E-state index in [1.807, 2.05) is 30.3 Å². The lowest BCUT2D eigenvalue weighted by Gasteiger charge is -2.41. The number of rotatable bonds is 7. The van der Waals surface area contributed by atoms with Crippen LogP contribution >= 0.6 is 0 Å². The van der Waals surface area contributed by atoms with Crippen molar-refractivity contribution in [2.24, 2.45) is 5.92 Å². The maximum atomic E-state index is 5.87. The first kappa shape index (κ1) is 16.3. The summed E-state index contributed by atoms with van der Waals surface area (Å²) in [6.07, 6.45) is 2.46. The minimum Gasteiger partial charge on any atom is -0.492 e. The van der Waals surface area contributed by atoms with Crippen LogP contribution in [0.1, 0.15) is 33.6 Å². The standard InChI is InChI=1S/C18H30N2O/c1-4-16-14-20(17(13-19-16)12-15(2)3)10-11-21-18-8-6-5-7-9-18/h5-9,15-17,19H,4,10-14H2,1-3H3. The van der Waals surface area contributed by atoms with Crippen LogP contribution < -0.4 is 10.1 Å². The highest BCUT2D eigenvalue weighted by Crippen LogP contribution is 2.16. The molecule has 1 fully saturated rings. The molecule has 1 aromatic rings. The van der Waals surface area contributed by atoms with Gasteiger partial charge in [0.25, 0.3) is 0 Å². The third kappa shape index (κ3) is 5.33. The molecule has 0 aliphatic carbocycles. The topological polar surface area (TPSA) is 24.5 Å². The fourth-order valence-corrected chi connectivity index (χ4v) is 3.05. The third-order valence-corrected chi connectivity index (χ3v) is 4.24. The summed E-state index contributed by atoms with van der Waals surface area (Å²) >= 11 is 0. The summed E-state index contributed by atoms with van der Waals surface area (Å²) in [4.78, 5) is 2.62. The summed E-state index contributed by atoms with van der Waals surface area (Å²) in [5.74, 6) is 1.72. The first-order chi connectivity index (χ1) is 10.2. The average Bonchev–Trinajstić information content (AvgIpc) is 2.49. The maximum Gasteiger partial charge on any atom is 0.119 e. The summed E-state index contributed by atoms with van der Waals surface area (Å²) in [6, 6.07) is 11.4. The van der Waals surface area contributed by atoms with E-state index < -0.39 is 0 Å². The first-order valence-corrected chi connectivity index (χ1v) is 8.34. The van der Waals surface area contributed by atoms with Crippen molar-refractivity contribution in [2.45, 2.75) is 45.7 Å². The lowest BCUT2D eigenvalue weighted by molar-refractivity contribution is 0.0949. The summed E-state index contributed by atoms with van der Waals surface area (Å²) in [5.41, 5.74) is 0. The van der Waals surface area contributed by atoms with Gasteiger partial charge in [-0.1, -0.05) is 39.0 Å². The van der Waals surface area contributed by atoms with Crippen molar-refractivity contribution in [3.63, 3.8) is 0 Å². The van der Waals surface area contributed by atoms with Gasteiger partial charge < -0.3 is 10.1 Å². The molecule has 3 heteroatoms. The minimum absolute atomic E-state index is 0.630. The van der Waals surface area contributed by atoms with Crippen molar-refractivity contribution in [3.05, 3.63) is 30.3 Å². The molecule has 2 atom stereocenters. The average molecular weight is 290 g/mol. The monoisotopic (exact) mass is 290 g/mol. The van der Waals surface area contributed by atoms with Crippen molar-refractivity contribution >= 4 is 0 Å². The van der Waals surface area contributed by atoms with Crippen LogP contribution in [-0.2, 0) is 0 Å². The number of hydrogen-bond donors (Lipinski definition) is 1. The second-order valence-electron chi connectivity index (χ2n) is 6.45. The summed E-state index contributed by atoms with van der Waals surface area (Å²) < 4.78 is 5.87. The second-order valence-corrected chi connectivity index (χ2v) is 6.45. The fraction of sp³-hybridized carbons (Fsp3) is 0.667. The molecule has 0 radical (unpaired) electrons. The van der Waals surface area contributed by atoms with E-state index in [-0.39, 0.29) is 0 Å². The van der Waals surface area contributed by atoms with Gasteiger partial charge in [0, 0.05) is 31.7 Å². The van der Waals surface area contributed by atoms with Gasteiger partial charge in [0.2, 0.25) is 0 Å². The molecule has 0 amide bonds. The van der Waals surface area contributed by atoms with Crippen LogP contribution in [0.3, 0.4) is 0 Å². The Labute approximate surface area is 129 Å². The Morgan fingerprint density at radius 1 is 1.29 bits per heavy atom. The van der Waals surface area contributed by atoms with Gasteiger partial charge in [0.05, 0.1) is 0 Å². The molecule has 0 bridgehead atoms. The fourth-order valence-electron chi connectivity index (χ4n) is 3.05. The van der Waals surface area contributed by atoms with Crippen molar-refractivity contribution in [1.29, 1.82) is 0 Å². The van der Waals surface area contributed by atoms with Crippen LogP contribution in [0.4, 0.5) is 0 Å². The zero-order valence-electron chi connectivity index (χ0n) is 13.7. The predicted octanol–water partition coefficient (Wildman–Crippen LogP) is 3.16. The van der Waals surface area contributed by atoms with Crippen LogP contribution in [0.15, 0.2) is 30.3 Å². The van der Waals surface area contributed by atoms with Gasteiger partial charge in [0.1, 0.15) is 12.4 Å². The number of piperazine rings is 1. The molecule has 1 N–H and O–H groups in total. The molecule has 1 heterocycles. The van der Waals surface area contributed by atoms with Gasteiger partial charge in [0.15, 0.2) is 0 Å². The highest BCUT2D eigenvalue weighted by atomic mass is 16.5. The number of nitrogens with zero attached hydrogens (tertiary/aromatic N) is 1. The van der Waals surface area contributed by atoms with Crippen molar-refractivity contribution < 1.29 is 4.74 Å². The molecule has 3 nitrogen and oxygen atoms in total. The number of ether oxygens (including phenoxy) is 1. The lowest BCUT2D eigenvalue weighted by Crippen LogP contribution is -2.57. The molecule has 1 saturated heterocycles. The molecule has 1 aliphatic rings. The van der Waals surface area contributed by atoms with E-state index in [9.17, 15) is 0 Å². The molecule has 2 rings (SSSR count). The van der Waals surface area contributed by atoms with Crippen LogP contribution in [-0.4, -0.2) is 43.2 Å². The summed E-state index contributed by atoms with van der Waals surface area (Å²) in [6.45, 7) is 10.9. The Balaban J connectivity index is 1.83. The molecular formula is C18H30N2O. The molecular weight excluding hydrogens is 260 g/mol. The van der Waals surface area contributed by atoms with Gasteiger partial charge in [-0.3, -0.25) is 4.90 Å². The molecule has 118 valence electrons. The zero-order valence-corrected chi connectivity index (χ0v) is 13.7. The van der Waals surface area contributed by atoms with E-state index in [1.165, 1.54) is 12.8 Å². The minimum atomic E-state index is 0.630.